The van der Waals surface area contributed by atoms with E-state index in [4.69, 9.17) is 9.47 Å². The van der Waals surface area contributed by atoms with Crippen molar-refractivity contribution >= 4 is 0 Å². The molecule has 0 unspecified atom stereocenters. The average molecular weight is 337 g/mol. The van der Waals surface area contributed by atoms with E-state index in [1.54, 1.807) is 12.1 Å². The predicted molar refractivity (Wildman–Crippen MR) is 90.6 cm³/mol. The molecule has 4 nitrogen and oxygen atoms in total. The van der Waals surface area contributed by atoms with Crippen LogP contribution in [0.5, 0.6) is 5.75 Å². The highest BCUT2D eigenvalue weighted by Crippen LogP contribution is 2.39. The second-order valence-corrected chi connectivity index (χ2v) is 7.13. The summed E-state index contributed by atoms with van der Waals surface area (Å²) in [6.07, 6.45) is 2.75. The molecule has 1 aromatic rings. The zero-order chi connectivity index (χ0) is 17.0. The van der Waals surface area contributed by atoms with Crippen LogP contribution in [0.3, 0.4) is 0 Å². The Morgan fingerprint density at radius 1 is 1.29 bits per heavy atom. The molecule has 0 aliphatic carbocycles. The number of halogens is 1. The molecular formula is C19H28FNO3. The van der Waals surface area contributed by atoms with E-state index in [9.17, 15) is 9.50 Å². The van der Waals surface area contributed by atoms with Gasteiger partial charge >= 0.3 is 0 Å². The summed E-state index contributed by atoms with van der Waals surface area (Å²) < 4.78 is 24.0. The molecule has 3 rings (SSSR count). The molecule has 24 heavy (non-hydrogen) atoms. The summed E-state index contributed by atoms with van der Waals surface area (Å²) in [7, 11) is 0. The van der Waals surface area contributed by atoms with Gasteiger partial charge in [-0.3, -0.25) is 4.90 Å². The highest BCUT2D eigenvalue weighted by molar-refractivity contribution is 5.21. The van der Waals surface area contributed by atoms with Crippen molar-refractivity contribution in [3.63, 3.8) is 0 Å². The van der Waals surface area contributed by atoms with Crippen LogP contribution in [0, 0.1) is 17.7 Å². The number of aliphatic hydroxyl groups is 1. The van der Waals surface area contributed by atoms with Gasteiger partial charge in [-0.1, -0.05) is 6.92 Å². The highest BCUT2D eigenvalue weighted by Gasteiger charge is 2.45. The number of rotatable bonds is 5. The molecule has 0 saturated carbocycles. The Labute approximate surface area is 143 Å². The number of hydrogen-bond acceptors (Lipinski definition) is 4. The van der Waals surface area contributed by atoms with E-state index < -0.39 is 5.60 Å². The van der Waals surface area contributed by atoms with Crippen molar-refractivity contribution in [3.05, 3.63) is 30.1 Å². The smallest absolute Gasteiger partial charge is 0.123 e. The van der Waals surface area contributed by atoms with E-state index in [0.29, 0.717) is 18.3 Å². The number of likely N-dealkylation sites (tertiary alicyclic amines) is 1. The van der Waals surface area contributed by atoms with Crippen molar-refractivity contribution in [1.29, 1.82) is 0 Å². The molecule has 2 heterocycles. The summed E-state index contributed by atoms with van der Waals surface area (Å²) in [5.74, 6) is 1.05. The van der Waals surface area contributed by atoms with Crippen LogP contribution in [-0.4, -0.2) is 55.1 Å². The summed E-state index contributed by atoms with van der Waals surface area (Å²) in [5.41, 5.74) is -0.557. The fourth-order valence-corrected chi connectivity index (χ4v) is 4.05. The minimum absolute atomic E-state index is 0.250. The first-order chi connectivity index (χ1) is 11.6. The second kappa shape index (κ2) is 7.81. The third-order valence-electron chi connectivity index (χ3n) is 5.63. The maximum atomic E-state index is 12.9. The van der Waals surface area contributed by atoms with Gasteiger partial charge in [0, 0.05) is 32.8 Å². The van der Waals surface area contributed by atoms with Gasteiger partial charge in [0.15, 0.2) is 0 Å². The van der Waals surface area contributed by atoms with Crippen molar-refractivity contribution in [3.8, 4) is 5.75 Å². The van der Waals surface area contributed by atoms with Gasteiger partial charge in [0.25, 0.3) is 0 Å². The lowest BCUT2D eigenvalue weighted by Gasteiger charge is -2.48. The Bertz CT molecular complexity index is 518. The van der Waals surface area contributed by atoms with Crippen molar-refractivity contribution in [2.24, 2.45) is 11.8 Å². The van der Waals surface area contributed by atoms with E-state index in [1.165, 1.54) is 12.1 Å². The monoisotopic (exact) mass is 337 g/mol. The Morgan fingerprint density at radius 3 is 2.67 bits per heavy atom. The maximum Gasteiger partial charge on any atom is 0.123 e. The van der Waals surface area contributed by atoms with Gasteiger partial charge in [-0.05, 0) is 55.4 Å². The fraction of sp³-hybridized carbons (Fsp3) is 0.684. The molecule has 2 aliphatic heterocycles. The molecular weight excluding hydrogens is 309 g/mol. The number of hydrogen-bond donors (Lipinski definition) is 1. The number of ether oxygens (including phenoxy) is 2. The van der Waals surface area contributed by atoms with E-state index >= 15 is 0 Å². The first-order valence-corrected chi connectivity index (χ1v) is 8.99. The minimum atomic E-state index is -0.557. The maximum absolute atomic E-state index is 12.9. The van der Waals surface area contributed by atoms with Crippen LogP contribution >= 0.6 is 0 Å². The van der Waals surface area contributed by atoms with Crippen LogP contribution in [0.2, 0.25) is 0 Å². The van der Waals surface area contributed by atoms with Crippen LogP contribution < -0.4 is 4.74 Å². The van der Waals surface area contributed by atoms with Gasteiger partial charge in [0.1, 0.15) is 18.2 Å². The molecule has 0 radical (unpaired) electrons. The Kier molecular flexibility index (Phi) is 5.74. The SMILES string of the molecule is C[C@@H]1CN(CCOc2ccc(F)cc2)CC[C@@]1(O)C1CCOCC1. The molecule has 1 N–H and O–H groups in total. The van der Waals surface area contributed by atoms with Gasteiger partial charge in [-0.25, -0.2) is 4.39 Å². The van der Waals surface area contributed by atoms with Crippen molar-refractivity contribution in [2.45, 2.75) is 31.8 Å². The molecule has 134 valence electrons. The van der Waals surface area contributed by atoms with Gasteiger partial charge < -0.3 is 14.6 Å². The molecule has 0 spiro atoms. The first-order valence-electron chi connectivity index (χ1n) is 8.99. The van der Waals surface area contributed by atoms with Crippen molar-refractivity contribution in [1.82, 2.24) is 4.90 Å². The summed E-state index contributed by atoms with van der Waals surface area (Å²) in [6.45, 7) is 6.89. The van der Waals surface area contributed by atoms with Crippen LogP contribution in [-0.2, 0) is 4.74 Å². The molecule has 2 aliphatic rings. The molecule has 2 atom stereocenters. The van der Waals surface area contributed by atoms with Gasteiger partial charge in [-0.2, -0.15) is 0 Å². The Balaban J connectivity index is 1.45. The zero-order valence-corrected chi connectivity index (χ0v) is 14.4. The van der Waals surface area contributed by atoms with E-state index in [1.807, 2.05) is 0 Å². The number of nitrogens with zero attached hydrogens (tertiary/aromatic N) is 1. The highest BCUT2D eigenvalue weighted by atomic mass is 19.1. The summed E-state index contributed by atoms with van der Waals surface area (Å²) in [4.78, 5) is 2.35. The van der Waals surface area contributed by atoms with E-state index in [0.717, 1.165) is 52.1 Å². The largest absolute Gasteiger partial charge is 0.492 e. The molecule has 0 aromatic heterocycles. The average Bonchev–Trinajstić information content (AvgIpc) is 2.61. The molecule has 0 amide bonds. The normalized spacial score (nSPS) is 29.5. The number of benzene rings is 1. The van der Waals surface area contributed by atoms with Crippen molar-refractivity contribution < 1.29 is 19.0 Å². The molecule has 1 aromatic carbocycles. The lowest BCUT2D eigenvalue weighted by molar-refractivity contribution is -0.131. The van der Waals surface area contributed by atoms with Gasteiger partial charge in [0.2, 0.25) is 0 Å². The Hall–Kier alpha value is -1.17. The van der Waals surface area contributed by atoms with Gasteiger partial charge in [0.05, 0.1) is 5.60 Å². The zero-order valence-electron chi connectivity index (χ0n) is 14.4. The Morgan fingerprint density at radius 2 is 2.00 bits per heavy atom. The van der Waals surface area contributed by atoms with E-state index in [2.05, 4.69) is 11.8 Å². The molecule has 2 fully saturated rings. The topological polar surface area (TPSA) is 41.9 Å². The van der Waals surface area contributed by atoms with E-state index in [-0.39, 0.29) is 11.7 Å². The summed E-state index contributed by atoms with van der Waals surface area (Å²) >= 11 is 0. The second-order valence-electron chi connectivity index (χ2n) is 7.13. The van der Waals surface area contributed by atoms with Crippen LogP contribution in [0.4, 0.5) is 4.39 Å². The molecule has 2 saturated heterocycles. The molecule has 0 bridgehead atoms. The van der Waals surface area contributed by atoms with Crippen LogP contribution in [0.25, 0.3) is 0 Å². The third-order valence-corrected chi connectivity index (χ3v) is 5.63. The standard InChI is InChI=1S/C19H28FNO3/c1-15-14-21(10-13-24-18-4-2-17(20)3-5-18)9-8-19(15,22)16-6-11-23-12-7-16/h2-5,15-16,22H,6-14H2,1H3/t15-,19+/m1/s1. The minimum Gasteiger partial charge on any atom is -0.492 e. The van der Waals surface area contributed by atoms with Crippen molar-refractivity contribution in [2.75, 3.05) is 39.5 Å². The lowest BCUT2D eigenvalue weighted by Crippen LogP contribution is -2.56. The quantitative estimate of drug-likeness (QED) is 0.897. The summed E-state index contributed by atoms with van der Waals surface area (Å²) in [5, 5.41) is 11.2. The summed E-state index contributed by atoms with van der Waals surface area (Å²) in [6, 6.07) is 6.12. The predicted octanol–water partition coefficient (Wildman–Crippen LogP) is 2.70. The fourth-order valence-electron chi connectivity index (χ4n) is 4.05. The van der Waals surface area contributed by atoms with Crippen LogP contribution in [0.15, 0.2) is 24.3 Å². The van der Waals surface area contributed by atoms with Gasteiger partial charge in [-0.15, -0.1) is 0 Å². The van der Waals surface area contributed by atoms with Crippen LogP contribution in [0.1, 0.15) is 26.2 Å². The lowest BCUT2D eigenvalue weighted by atomic mass is 9.70. The third kappa shape index (κ3) is 4.08. The first kappa shape index (κ1) is 17.6. The molecule has 5 heteroatoms. The number of piperidine rings is 1.